The number of aliphatic hydroxyl groups is 1. The average molecular weight is 288 g/mol. The van der Waals surface area contributed by atoms with Gasteiger partial charge in [-0.25, -0.2) is 9.18 Å². The quantitative estimate of drug-likeness (QED) is 0.829. The number of hydrogen-bond acceptors (Lipinski definition) is 3. The van der Waals surface area contributed by atoms with Crippen LogP contribution < -0.4 is 4.74 Å². The van der Waals surface area contributed by atoms with Crippen LogP contribution in [0.2, 0.25) is 0 Å². The number of ether oxygens (including phenoxy) is 1. The highest BCUT2D eigenvalue weighted by Crippen LogP contribution is 2.27. The summed E-state index contributed by atoms with van der Waals surface area (Å²) in [5.41, 5.74) is 1.07. The molecule has 0 atom stereocenters. The lowest BCUT2D eigenvalue weighted by Crippen LogP contribution is -1.91. The van der Waals surface area contributed by atoms with Crippen molar-refractivity contribution in [3.63, 3.8) is 0 Å². The van der Waals surface area contributed by atoms with Gasteiger partial charge in [-0.15, -0.1) is 0 Å². The molecule has 2 aromatic rings. The third kappa shape index (κ3) is 4.15. The van der Waals surface area contributed by atoms with Gasteiger partial charge in [-0.1, -0.05) is 12.1 Å². The number of carboxylic acid groups (broad SMARTS) is 1. The number of halogens is 1. The van der Waals surface area contributed by atoms with Crippen LogP contribution in [0, 0.1) is 5.82 Å². The highest BCUT2D eigenvalue weighted by atomic mass is 19.1. The minimum absolute atomic E-state index is 0.0660. The molecule has 0 aromatic heterocycles. The fourth-order valence-corrected chi connectivity index (χ4v) is 1.69. The number of benzene rings is 2. The summed E-state index contributed by atoms with van der Waals surface area (Å²) in [5.74, 6) is -0.769. The summed E-state index contributed by atoms with van der Waals surface area (Å²) in [6.45, 7) is -0.0660. The third-order valence-electron chi connectivity index (χ3n) is 2.71. The number of hydrogen-bond donors (Lipinski definition) is 2. The predicted molar refractivity (Wildman–Crippen MR) is 75.5 cm³/mol. The van der Waals surface area contributed by atoms with Crippen molar-refractivity contribution in [2.24, 2.45) is 0 Å². The monoisotopic (exact) mass is 288 g/mol. The second kappa shape index (κ2) is 6.67. The van der Waals surface area contributed by atoms with Crippen molar-refractivity contribution in [2.45, 2.75) is 6.61 Å². The van der Waals surface area contributed by atoms with Crippen LogP contribution in [0.1, 0.15) is 11.1 Å². The maximum absolute atomic E-state index is 13.2. The van der Waals surface area contributed by atoms with E-state index in [1.807, 2.05) is 0 Å². The molecule has 21 heavy (non-hydrogen) atoms. The van der Waals surface area contributed by atoms with Crippen LogP contribution in [0.5, 0.6) is 11.5 Å². The van der Waals surface area contributed by atoms with Gasteiger partial charge < -0.3 is 14.9 Å². The summed E-state index contributed by atoms with van der Waals surface area (Å²) in [7, 11) is 0. The van der Waals surface area contributed by atoms with Gasteiger partial charge in [0.25, 0.3) is 0 Å². The number of aliphatic hydroxyl groups excluding tert-OH is 1. The fraction of sp³-hybridized carbons (Fsp3) is 0.0625. The van der Waals surface area contributed by atoms with Crippen LogP contribution in [0.4, 0.5) is 4.39 Å². The predicted octanol–water partition coefficient (Wildman–Crippen LogP) is 3.21. The first-order chi connectivity index (χ1) is 10.1. The van der Waals surface area contributed by atoms with Gasteiger partial charge in [0, 0.05) is 11.6 Å². The maximum Gasteiger partial charge on any atom is 0.328 e. The molecular weight excluding hydrogens is 275 g/mol. The number of carboxylic acids is 1. The number of carbonyl (C=O) groups is 1. The Morgan fingerprint density at radius 1 is 1.19 bits per heavy atom. The van der Waals surface area contributed by atoms with Gasteiger partial charge in [0.2, 0.25) is 0 Å². The molecule has 0 saturated heterocycles. The van der Waals surface area contributed by atoms with Gasteiger partial charge in [0.1, 0.15) is 17.3 Å². The van der Waals surface area contributed by atoms with Crippen molar-refractivity contribution in [3.05, 3.63) is 65.5 Å². The Labute approximate surface area is 120 Å². The molecule has 0 spiro atoms. The van der Waals surface area contributed by atoms with Gasteiger partial charge in [-0.2, -0.15) is 0 Å². The molecule has 2 N–H and O–H groups in total. The van der Waals surface area contributed by atoms with Crippen LogP contribution >= 0.6 is 0 Å². The van der Waals surface area contributed by atoms with Crippen molar-refractivity contribution in [1.29, 1.82) is 0 Å². The lowest BCUT2D eigenvalue weighted by molar-refractivity contribution is -0.131. The van der Waals surface area contributed by atoms with Gasteiger partial charge in [0.05, 0.1) is 6.61 Å². The summed E-state index contributed by atoms with van der Waals surface area (Å²) in [5, 5.41) is 17.6. The molecule has 4 nitrogen and oxygen atoms in total. The lowest BCUT2D eigenvalue weighted by Gasteiger charge is -2.09. The molecular formula is C16H13FO4. The Bertz CT molecular complexity index is 662. The van der Waals surface area contributed by atoms with Gasteiger partial charge >= 0.3 is 5.97 Å². The first-order valence-corrected chi connectivity index (χ1v) is 6.16. The average Bonchev–Trinajstić information content (AvgIpc) is 2.48. The molecule has 108 valence electrons. The second-order valence-electron chi connectivity index (χ2n) is 4.26. The van der Waals surface area contributed by atoms with Crippen molar-refractivity contribution in [1.82, 2.24) is 0 Å². The highest BCUT2D eigenvalue weighted by molar-refractivity contribution is 5.85. The summed E-state index contributed by atoms with van der Waals surface area (Å²) in [6.07, 6.45) is 2.18. The Morgan fingerprint density at radius 3 is 2.52 bits per heavy atom. The molecule has 0 fully saturated rings. The van der Waals surface area contributed by atoms with Crippen LogP contribution in [-0.2, 0) is 11.4 Å². The number of aliphatic carboxylic acids is 1. The van der Waals surface area contributed by atoms with E-state index in [9.17, 15) is 9.18 Å². The Hall–Kier alpha value is -2.66. The molecule has 2 aromatic carbocycles. The molecule has 0 heterocycles. The normalized spacial score (nSPS) is 10.8. The van der Waals surface area contributed by atoms with E-state index in [2.05, 4.69) is 0 Å². The first kappa shape index (κ1) is 14.7. The summed E-state index contributed by atoms with van der Waals surface area (Å²) in [6, 6.07) is 10.6. The Balaban J connectivity index is 2.27. The summed E-state index contributed by atoms with van der Waals surface area (Å²) >= 11 is 0. The Morgan fingerprint density at radius 2 is 1.90 bits per heavy atom. The van der Waals surface area contributed by atoms with E-state index < -0.39 is 11.8 Å². The fourth-order valence-electron chi connectivity index (χ4n) is 1.69. The molecule has 0 aliphatic heterocycles. The topological polar surface area (TPSA) is 66.8 Å². The molecule has 0 bridgehead atoms. The van der Waals surface area contributed by atoms with Crippen LogP contribution in [-0.4, -0.2) is 16.2 Å². The Kier molecular flexibility index (Phi) is 4.68. The van der Waals surface area contributed by atoms with E-state index in [1.165, 1.54) is 24.3 Å². The minimum Gasteiger partial charge on any atom is -0.478 e. The standard InChI is InChI=1S/C16H13FO4/c17-13-4-7-15(12(9-13)3-8-16(19)20)21-14-5-1-11(10-18)2-6-14/h1-9,18H,10H2,(H,19,20). The zero-order chi connectivity index (χ0) is 15.2. The third-order valence-corrected chi connectivity index (χ3v) is 2.71. The van der Waals surface area contributed by atoms with Gasteiger partial charge in [-0.3, -0.25) is 0 Å². The molecule has 0 unspecified atom stereocenters. The van der Waals surface area contributed by atoms with E-state index in [-0.39, 0.29) is 6.61 Å². The van der Waals surface area contributed by atoms with E-state index in [0.29, 0.717) is 17.1 Å². The van der Waals surface area contributed by atoms with Crippen LogP contribution in [0.15, 0.2) is 48.5 Å². The first-order valence-electron chi connectivity index (χ1n) is 6.16. The van der Waals surface area contributed by atoms with E-state index in [1.54, 1.807) is 24.3 Å². The molecule has 0 amide bonds. The molecule has 0 aliphatic carbocycles. The van der Waals surface area contributed by atoms with Crippen molar-refractivity contribution in [2.75, 3.05) is 0 Å². The van der Waals surface area contributed by atoms with Crippen molar-refractivity contribution < 1.29 is 24.1 Å². The largest absolute Gasteiger partial charge is 0.478 e. The van der Waals surface area contributed by atoms with E-state index in [0.717, 1.165) is 11.6 Å². The molecule has 5 heteroatoms. The zero-order valence-electron chi connectivity index (χ0n) is 11.0. The van der Waals surface area contributed by atoms with E-state index in [4.69, 9.17) is 14.9 Å². The van der Waals surface area contributed by atoms with Gasteiger partial charge in [-0.05, 0) is 42.0 Å². The maximum atomic E-state index is 13.2. The number of rotatable bonds is 5. The molecule has 0 aliphatic rings. The molecule has 2 rings (SSSR count). The summed E-state index contributed by atoms with van der Waals surface area (Å²) in [4.78, 5) is 10.6. The van der Waals surface area contributed by atoms with E-state index >= 15 is 0 Å². The second-order valence-corrected chi connectivity index (χ2v) is 4.26. The van der Waals surface area contributed by atoms with Crippen LogP contribution in [0.25, 0.3) is 6.08 Å². The highest BCUT2D eigenvalue weighted by Gasteiger charge is 2.05. The van der Waals surface area contributed by atoms with Crippen molar-refractivity contribution in [3.8, 4) is 11.5 Å². The van der Waals surface area contributed by atoms with Crippen molar-refractivity contribution >= 4 is 12.0 Å². The van der Waals surface area contributed by atoms with Gasteiger partial charge in [0.15, 0.2) is 0 Å². The summed E-state index contributed by atoms with van der Waals surface area (Å²) < 4.78 is 18.8. The smallest absolute Gasteiger partial charge is 0.328 e. The molecule has 0 radical (unpaired) electrons. The van der Waals surface area contributed by atoms with Crippen LogP contribution in [0.3, 0.4) is 0 Å². The lowest BCUT2D eigenvalue weighted by atomic mass is 10.1. The zero-order valence-corrected chi connectivity index (χ0v) is 11.0. The molecule has 0 saturated carbocycles. The SMILES string of the molecule is O=C(O)C=Cc1cc(F)ccc1Oc1ccc(CO)cc1. The minimum atomic E-state index is -1.13.